The average Bonchev–Trinajstić information content (AvgIpc) is 2.71. The number of nitrogens with zero attached hydrogens (tertiary/aromatic N) is 2. The van der Waals surface area contributed by atoms with E-state index in [-0.39, 0.29) is 0 Å². The summed E-state index contributed by atoms with van der Waals surface area (Å²) in [6.07, 6.45) is 4.52. The van der Waals surface area contributed by atoms with Crippen LogP contribution in [0.5, 0.6) is 0 Å². The standard InChI is InChI=1S/C11H11N2/c1-2-10-5-3-6-11(9-10)13-8-4-7-12-13/h3-9H,1-2H2. The number of hydrogen-bond acceptors (Lipinski definition) is 1. The van der Waals surface area contributed by atoms with Crippen molar-refractivity contribution < 1.29 is 0 Å². The van der Waals surface area contributed by atoms with Crippen molar-refractivity contribution in [2.75, 3.05) is 0 Å². The molecular formula is C11H11N2. The SMILES string of the molecule is [CH2]Cc1cccc(-n2cccn2)c1. The van der Waals surface area contributed by atoms with Crippen molar-refractivity contribution in [1.82, 2.24) is 9.78 Å². The van der Waals surface area contributed by atoms with Gasteiger partial charge in [-0.3, -0.25) is 0 Å². The largest absolute Gasteiger partial charge is 0.241 e. The first kappa shape index (κ1) is 8.05. The van der Waals surface area contributed by atoms with Crippen LogP contribution < -0.4 is 0 Å². The molecule has 0 spiro atoms. The molecule has 0 atom stereocenters. The maximum atomic E-state index is 4.16. The van der Waals surface area contributed by atoms with Gasteiger partial charge in [0.05, 0.1) is 5.69 Å². The molecular weight excluding hydrogens is 160 g/mol. The summed E-state index contributed by atoms with van der Waals surface area (Å²) < 4.78 is 1.85. The van der Waals surface area contributed by atoms with Gasteiger partial charge in [-0.15, -0.1) is 0 Å². The molecule has 0 saturated heterocycles. The normalized spacial score (nSPS) is 10.2. The molecule has 65 valence electrons. The van der Waals surface area contributed by atoms with E-state index >= 15 is 0 Å². The Labute approximate surface area is 77.8 Å². The summed E-state index contributed by atoms with van der Waals surface area (Å²) in [5, 5.41) is 4.16. The highest BCUT2D eigenvalue weighted by Crippen LogP contribution is 2.09. The van der Waals surface area contributed by atoms with Crippen molar-refractivity contribution in [3.8, 4) is 5.69 Å². The number of rotatable bonds is 2. The third kappa shape index (κ3) is 1.61. The van der Waals surface area contributed by atoms with E-state index in [1.807, 2.05) is 29.1 Å². The molecule has 2 nitrogen and oxygen atoms in total. The van der Waals surface area contributed by atoms with E-state index in [0.717, 1.165) is 12.1 Å². The summed E-state index contributed by atoms with van der Waals surface area (Å²) in [4.78, 5) is 0. The molecule has 0 aliphatic rings. The molecule has 2 heteroatoms. The fourth-order valence-corrected chi connectivity index (χ4v) is 1.28. The van der Waals surface area contributed by atoms with Gasteiger partial charge in [-0.1, -0.05) is 12.1 Å². The van der Waals surface area contributed by atoms with Gasteiger partial charge >= 0.3 is 0 Å². The molecule has 2 rings (SSSR count). The number of aromatic nitrogens is 2. The van der Waals surface area contributed by atoms with Crippen LogP contribution in [0.2, 0.25) is 0 Å². The minimum atomic E-state index is 0.815. The van der Waals surface area contributed by atoms with Crippen LogP contribution in [-0.4, -0.2) is 9.78 Å². The minimum Gasteiger partial charge on any atom is -0.241 e. The zero-order valence-corrected chi connectivity index (χ0v) is 7.35. The molecule has 0 saturated carbocycles. The molecule has 1 aromatic carbocycles. The predicted molar refractivity (Wildman–Crippen MR) is 52.6 cm³/mol. The quantitative estimate of drug-likeness (QED) is 0.677. The number of hydrogen-bond donors (Lipinski definition) is 0. The van der Waals surface area contributed by atoms with Gasteiger partial charge in [0.1, 0.15) is 0 Å². The van der Waals surface area contributed by atoms with Gasteiger partial charge in [-0.05, 0) is 37.1 Å². The summed E-state index contributed by atoms with van der Waals surface area (Å²) in [6.45, 7) is 3.85. The lowest BCUT2D eigenvalue weighted by Crippen LogP contribution is -1.94. The van der Waals surface area contributed by atoms with Crippen LogP contribution in [0.25, 0.3) is 5.69 Å². The van der Waals surface area contributed by atoms with Crippen molar-refractivity contribution in [2.24, 2.45) is 0 Å². The lowest BCUT2D eigenvalue weighted by atomic mass is 10.1. The Morgan fingerprint density at radius 1 is 1.31 bits per heavy atom. The second kappa shape index (κ2) is 3.44. The van der Waals surface area contributed by atoms with Gasteiger partial charge in [0.25, 0.3) is 0 Å². The van der Waals surface area contributed by atoms with Gasteiger partial charge < -0.3 is 0 Å². The van der Waals surface area contributed by atoms with E-state index < -0.39 is 0 Å². The molecule has 13 heavy (non-hydrogen) atoms. The zero-order chi connectivity index (χ0) is 9.10. The third-order valence-electron chi connectivity index (χ3n) is 1.97. The highest BCUT2D eigenvalue weighted by molar-refractivity contribution is 5.35. The van der Waals surface area contributed by atoms with Crippen LogP contribution in [0.15, 0.2) is 42.7 Å². The van der Waals surface area contributed by atoms with Crippen LogP contribution in [0.1, 0.15) is 5.56 Å². The molecule has 0 aliphatic heterocycles. The second-order valence-electron chi connectivity index (χ2n) is 2.87. The van der Waals surface area contributed by atoms with E-state index in [0.29, 0.717) is 0 Å². The molecule has 0 amide bonds. The molecule has 0 fully saturated rings. The van der Waals surface area contributed by atoms with Crippen LogP contribution in [0, 0.1) is 6.92 Å². The van der Waals surface area contributed by atoms with Crippen LogP contribution in [-0.2, 0) is 6.42 Å². The van der Waals surface area contributed by atoms with Crippen molar-refractivity contribution in [3.63, 3.8) is 0 Å². The summed E-state index contributed by atoms with van der Waals surface area (Å²) in [5.41, 5.74) is 2.32. The van der Waals surface area contributed by atoms with E-state index in [4.69, 9.17) is 0 Å². The van der Waals surface area contributed by atoms with Crippen molar-refractivity contribution in [2.45, 2.75) is 6.42 Å². The third-order valence-corrected chi connectivity index (χ3v) is 1.97. The number of benzene rings is 1. The summed E-state index contributed by atoms with van der Waals surface area (Å²) in [5.74, 6) is 0. The molecule has 1 heterocycles. The maximum Gasteiger partial charge on any atom is 0.0648 e. The van der Waals surface area contributed by atoms with Gasteiger partial charge in [-0.25, -0.2) is 4.68 Å². The Morgan fingerprint density at radius 3 is 2.92 bits per heavy atom. The molecule has 0 bridgehead atoms. The second-order valence-corrected chi connectivity index (χ2v) is 2.87. The topological polar surface area (TPSA) is 17.8 Å². The average molecular weight is 171 g/mol. The maximum absolute atomic E-state index is 4.16. The Bertz CT molecular complexity index is 377. The van der Waals surface area contributed by atoms with E-state index in [9.17, 15) is 0 Å². The van der Waals surface area contributed by atoms with Crippen molar-refractivity contribution in [1.29, 1.82) is 0 Å². The van der Waals surface area contributed by atoms with Gasteiger partial charge in [-0.2, -0.15) is 5.10 Å². The molecule has 0 unspecified atom stereocenters. The van der Waals surface area contributed by atoms with Crippen LogP contribution >= 0.6 is 0 Å². The Balaban J connectivity index is 2.41. The van der Waals surface area contributed by atoms with Crippen molar-refractivity contribution in [3.05, 3.63) is 55.2 Å². The first-order chi connectivity index (χ1) is 6.40. The monoisotopic (exact) mass is 171 g/mol. The highest BCUT2D eigenvalue weighted by Gasteiger charge is 1.95. The van der Waals surface area contributed by atoms with Crippen LogP contribution in [0.4, 0.5) is 0 Å². The minimum absolute atomic E-state index is 0.815. The van der Waals surface area contributed by atoms with Crippen molar-refractivity contribution >= 4 is 0 Å². The van der Waals surface area contributed by atoms with Crippen LogP contribution in [0.3, 0.4) is 0 Å². The van der Waals surface area contributed by atoms with E-state index in [1.54, 1.807) is 6.20 Å². The molecule has 1 radical (unpaired) electrons. The smallest absolute Gasteiger partial charge is 0.0648 e. The molecule has 0 aliphatic carbocycles. The highest BCUT2D eigenvalue weighted by atomic mass is 15.3. The summed E-state index contributed by atoms with van der Waals surface area (Å²) >= 11 is 0. The first-order valence-corrected chi connectivity index (χ1v) is 4.28. The molecule has 0 N–H and O–H groups in total. The zero-order valence-electron chi connectivity index (χ0n) is 7.35. The predicted octanol–water partition coefficient (Wildman–Crippen LogP) is 2.25. The molecule has 2 aromatic rings. The Hall–Kier alpha value is -1.57. The fourth-order valence-electron chi connectivity index (χ4n) is 1.28. The van der Waals surface area contributed by atoms with E-state index in [2.05, 4.69) is 24.2 Å². The summed E-state index contributed by atoms with van der Waals surface area (Å²) in [6, 6.07) is 10.1. The van der Waals surface area contributed by atoms with Gasteiger partial charge in [0.15, 0.2) is 0 Å². The summed E-state index contributed by atoms with van der Waals surface area (Å²) in [7, 11) is 0. The van der Waals surface area contributed by atoms with Gasteiger partial charge in [0.2, 0.25) is 0 Å². The Morgan fingerprint density at radius 2 is 2.23 bits per heavy atom. The fraction of sp³-hybridized carbons (Fsp3) is 0.0909. The van der Waals surface area contributed by atoms with Gasteiger partial charge in [0, 0.05) is 12.4 Å². The first-order valence-electron chi connectivity index (χ1n) is 4.28. The lowest BCUT2D eigenvalue weighted by Gasteiger charge is -2.02. The lowest BCUT2D eigenvalue weighted by molar-refractivity contribution is 0.878. The molecule has 1 aromatic heterocycles. The Kier molecular flexibility index (Phi) is 2.13. The van der Waals surface area contributed by atoms with E-state index in [1.165, 1.54) is 5.56 Å².